The number of aromatic nitrogens is 2. The van der Waals surface area contributed by atoms with Crippen molar-refractivity contribution >= 4 is 46.1 Å². The molecule has 0 bridgehead atoms. The first kappa shape index (κ1) is 26.6. The van der Waals surface area contributed by atoms with Crippen LogP contribution in [0.25, 0.3) is 11.1 Å². The number of hydrogen-bond acceptors (Lipinski definition) is 8. The molecule has 1 atom stereocenters. The number of carbonyl (C=O) groups excluding carboxylic acids is 1. The molecule has 0 aliphatic carbocycles. The number of halogens is 2. The highest BCUT2D eigenvalue weighted by atomic mass is 35.5. The highest BCUT2D eigenvalue weighted by Gasteiger charge is 2.23. The Labute approximate surface area is 221 Å². The number of hydrogen-bond donors (Lipinski definition) is 4. The molecule has 1 aliphatic heterocycles. The Hall–Kier alpha value is -3.47. The van der Waals surface area contributed by atoms with Crippen molar-refractivity contribution in [2.45, 2.75) is 19.9 Å². The van der Waals surface area contributed by atoms with E-state index in [1.165, 1.54) is 6.33 Å². The number of nitrogens with one attached hydrogen (secondary N) is 2. The van der Waals surface area contributed by atoms with Crippen molar-refractivity contribution in [3.8, 4) is 11.1 Å². The van der Waals surface area contributed by atoms with E-state index in [0.29, 0.717) is 22.5 Å². The Morgan fingerprint density at radius 1 is 1.08 bits per heavy atom. The molecule has 1 aromatic heterocycles. The van der Waals surface area contributed by atoms with Gasteiger partial charge in [-0.1, -0.05) is 37.6 Å². The summed E-state index contributed by atoms with van der Waals surface area (Å²) in [5.74, 6) is -0.481. The van der Waals surface area contributed by atoms with Crippen molar-refractivity contribution in [2.24, 2.45) is 11.7 Å². The Bertz CT molecular complexity index is 1260. The fraction of sp³-hybridized carbons (Fsp3) is 0.346. The molecule has 1 saturated heterocycles. The third kappa shape index (κ3) is 5.93. The Kier molecular flexibility index (Phi) is 8.11. The quantitative estimate of drug-likeness (QED) is 0.341. The van der Waals surface area contributed by atoms with Crippen LogP contribution in [0.2, 0.25) is 5.15 Å². The summed E-state index contributed by atoms with van der Waals surface area (Å²) in [6, 6.07) is 9.99. The molecule has 9 nitrogen and oxygen atoms in total. The fourth-order valence-electron chi connectivity index (χ4n) is 4.07. The van der Waals surface area contributed by atoms with Gasteiger partial charge in [0.05, 0.1) is 11.7 Å². The van der Waals surface area contributed by atoms with E-state index in [-0.39, 0.29) is 34.2 Å². The van der Waals surface area contributed by atoms with E-state index in [9.17, 15) is 4.79 Å². The first-order valence-electron chi connectivity index (χ1n) is 12.1. The number of likely N-dealkylation sites (N-methyl/N-ethyl adjacent to an activating group) is 1. The number of nitrogens with two attached hydrogens (primary N) is 2. The van der Waals surface area contributed by atoms with Gasteiger partial charge in [-0.15, -0.1) is 0 Å². The van der Waals surface area contributed by atoms with Crippen LogP contribution in [0, 0.1) is 11.7 Å². The summed E-state index contributed by atoms with van der Waals surface area (Å²) in [5.41, 5.74) is 14.7. The lowest BCUT2D eigenvalue weighted by Crippen LogP contribution is -2.44. The largest absolute Gasteiger partial charge is 0.393 e. The minimum absolute atomic E-state index is 0.0110. The summed E-state index contributed by atoms with van der Waals surface area (Å²) in [6.45, 7) is 6.98. The first-order valence-corrected chi connectivity index (χ1v) is 12.5. The number of nitrogen functional groups attached to an aromatic ring is 1. The highest BCUT2D eigenvalue weighted by Crippen LogP contribution is 2.39. The summed E-state index contributed by atoms with van der Waals surface area (Å²) in [6.07, 6.45) is 1.27. The van der Waals surface area contributed by atoms with Gasteiger partial charge in [-0.05, 0) is 42.8 Å². The van der Waals surface area contributed by atoms with E-state index in [4.69, 9.17) is 23.1 Å². The molecular weight excluding hydrogens is 495 g/mol. The number of piperazine rings is 1. The van der Waals surface area contributed by atoms with E-state index < -0.39 is 11.9 Å². The molecular formula is C26H32ClFN8O. The van der Waals surface area contributed by atoms with E-state index in [2.05, 4.69) is 37.4 Å². The van der Waals surface area contributed by atoms with Crippen LogP contribution in [-0.4, -0.2) is 60.0 Å². The molecule has 6 N–H and O–H groups in total. The summed E-state index contributed by atoms with van der Waals surface area (Å²) in [5, 5.41) is 5.96. The van der Waals surface area contributed by atoms with Gasteiger partial charge in [0, 0.05) is 37.4 Å². The first-order chi connectivity index (χ1) is 17.7. The molecule has 4 rings (SSSR count). The Balaban J connectivity index is 1.68. The second kappa shape index (κ2) is 11.3. The average Bonchev–Trinajstić information content (AvgIpc) is 2.88. The highest BCUT2D eigenvalue weighted by molar-refractivity contribution is 6.32. The molecule has 0 saturated carbocycles. The van der Waals surface area contributed by atoms with E-state index >= 15 is 4.39 Å². The molecule has 3 aromatic rings. The number of anilines is 5. The van der Waals surface area contributed by atoms with Crippen molar-refractivity contribution in [1.82, 2.24) is 14.9 Å². The average molecular weight is 527 g/mol. The van der Waals surface area contributed by atoms with Gasteiger partial charge in [-0.3, -0.25) is 4.79 Å². The molecule has 1 unspecified atom stereocenters. The summed E-state index contributed by atoms with van der Waals surface area (Å²) in [7, 11) is 2.06. The summed E-state index contributed by atoms with van der Waals surface area (Å²) in [4.78, 5) is 24.7. The maximum atomic E-state index is 16.2. The molecule has 1 amide bonds. The maximum absolute atomic E-state index is 16.2. The summed E-state index contributed by atoms with van der Waals surface area (Å²) < 4.78 is 16.2. The normalized spacial score (nSPS) is 15.1. The summed E-state index contributed by atoms with van der Waals surface area (Å²) >= 11 is 6.08. The zero-order chi connectivity index (χ0) is 26.7. The lowest BCUT2D eigenvalue weighted by atomic mass is 10.0. The maximum Gasteiger partial charge on any atom is 0.241 e. The van der Waals surface area contributed by atoms with Gasteiger partial charge in [0.25, 0.3) is 0 Å². The number of benzene rings is 2. The van der Waals surface area contributed by atoms with E-state index in [0.717, 1.165) is 26.2 Å². The van der Waals surface area contributed by atoms with Crippen molar-refractivity contribution < 1.29 is 9.18 Å². The monoisotopic (exact) mass is 526 g/mol. The van der Waals surface area contributed by atoms with Gasteiger partial charge < -0.3 is 31.9 Å². The van der Waals surface area contributed by atoms with Gasteiger partial charge in [-0.25, -0.2) is 14.4 Å². The molecule has 11 heteroatoms. The Morgan fingerprint density at radius 3 is 2.41 bits per heavy atom. The van der Waals surface area contributed by atoms with Crippen LogP contribution in [0.15, 0.2) is 42.7 Å². The van der Waals surface area contributed by atoms with Crippen molar-refractivity contribution in [2.75, 3.05) is 54.5 Å². The lowest BCUT2D eigenvalue weighted by molar-refractivity contribution is -0.118. The van der Waals surface area contributed by atoms with Crippen molar-refractivity contribution in [3.63, 3.8) is 0 Å². The van der Waals surface area contributed by atoms with E-state index in [1.807, 2.05) is 19.9 Å². The van der Waals surface area contributed by atoms with Gasteiger partial charge in [0.1, 0.15) is 17.7 Å². The molecule has 1 fully saturated rings. The van der Waals surface area contributed by atoms with Crippen LogP contribution < -0.4 is 27.0 Å². The predicted molar refractivity (Wildman–Crippen MR) is 148 cm³/mol. The minimum Gasteiger partial charge on any atom is -0.393 e. The molecule has 37 heavy (non-hydrogen) atoms. The van der Waals surface area contributed by atoms with Crippen LogP contribution in [-0.2, 0) is 4.79 Å². The van der Waals surface area contributed by atoms with Crippen LogP contribution >= 0.6 is 11.6 Å². The zero-order valence-corrected chi connectivity index (χ0v) is 21.9. The second-order valence-corrected chi connectivity index (χ2v) is 9.86. The standard InChI is InChI=1S/C26H32ClFN8O/c1-15(2)21(29)26(37)33-17-6-4-16(5-7-17)18-8-9-19(36-12-10-35(3)11-13-36)23(20(18)28)34-25-22(30)24(27)31-14-32-25/h4-9,14-15,21H,10-13,29-30H2,1-3H3,(H,33,37)(H,31,32,34). The molecule has 0 radical (unpaired) electrons. The van der Waals surface area contributed by atoms with Gasteiger partial charge in [0.15, 0.2) is 16.8 Å². The van der Waals surface area contributed by atoms with Crippen molar-refractivity contribution in [3.05, 3.63) is 53.7 Å². The predicted octanol–water partition coefficient (Wildman–Crippen LogP) is 3.94. The Morgan fingerprint density at radius 2 is 1.76 bits per heavy atom. The van der Waals surface area contributed by atoms with E-state index in [1.54, 1.807) is 30.3 Å². The van der Waals surface area contributed by atoms with Gasteiger partial charge in [-0.2, -0.15) is 0 Å². The van der Waals surface area contributed by atoms with Gasteiger partial charge in [0.2, 0.25) is 5.91 Å². The number of carbonyl (C=O) groups is 1. The molecule has 2 aromatic carbocycles. The van der Waals surface area contributed by atoms with Crippen LogP contribution in [0.4, 0.5) is 33.0 Å². The molecule has 2 heterocycles. The third-order valence-electron chi connectivity index (χ3n) is 6.53. The number of rotatable bonds is 7. The molecule has 196 valence electrons. The van der Waals surface area contributed by atoms with Gasteiger partial charge >= 0.3 is 0 Å². The second-order valence-electron chi connectivity index (χ2n) is 9.50. The number of nitrogens with zero attached hydrogens (tertiary/aromatic N) is 4. The van der Waals surface area contributed by atoms with Crippen LogP contribution in [0.5, 0.6) is 0 Å². The molecule has 0 spiro atoms. The zero-order valence-electron chi connectivity index (χ0n) is 21.1. The van der Waals surface area contributed by atoms with Crippen LogP contribution in [0.1, 0.15) is 13.8 Å². The minimum atomic E-state index is -0.615. The topological polar surface area (TPSA) is 125 Å². The van der Waals surface area contributed by atoms with Crippen molar-refractivity contribution in [1.29, 1.82) is 0 Å². The number of amides is 1. The lowest BCUT2D eigenvalue weighted by Gasteiger charge is -2.35. The van der Waals surface area contributed by atoms with Crippen LogP contribution in [0.3, 0.4) is 0 Å². The molecule has 1 aliphatic rings. The SMILES string of the molecule is CC(C)C(N)C(=O)Nc1ccc(-c2ccc(N3CCN(C)CC3)c(Nc3ncnc(Cl)c3N)c2F)cc1. The third-order valence-corrected chi connectivity index (χ3v) is 6.83. The fourth-order valence-corrected chi connectivity index (χ4v) is 4.21. The smallest absolute Gasteiger partial charge is 0.241 e.